The van der Waals surface area contributed by atoms with Crippen LogP contribution in [0.1, 0.15) is 13.3 Å². The average Bonchev–Trinajstić information content (AvgIpc) is 2.48. The van der Waals surface area contributed by atoms with Gasteiger partial charge < -0.3 is 14.8 Å². The van der Waals surface area contributed by atoms with Crippen LogP contribution >= 0.6 is 0 Å². The van der Waals surface area contributed by atoms with Gasteiger partial charge in [0.2, 0.25) is 0 Å². The Kier molecular flexibility index (Phi) is 3.83. The largest absolute Gasteiger partial charge is 0.380 e. The average molecular weight is 159 g/mol. The van der Waals surface area contributed by atoms with Crippen molar-refractivity contribution >= 4 is 0 Å². The van der Waals surface area contributed by atoms with Crippen molar-refractivity contribution < 1.29 is 9.47 Å². The maximum atomic E-state index is 5.29. The van der Waals surface area contributed by atoms with Gasteiger partial charge in [0.15, 0.2) is 0 Å². The lowest BCUT2D eigenvalue weighted by molar-refractivity contribution is 0.102. The molecule has 3 nitrogen and oxygen atoms in total. The first kappa shape index (κ1) is 8.97. The summed E-state index contributed by atoms with van der Waals surface area (Å²) in [6.07, 6.45) is 1.47. The van der Waals surface area contributed by atoms with Gasteiger partial charge in [0.05, 0.1) is 12.7 Å². The van der Waals surface area contributed by atoms with E-state index in [1.54, 1.807) is 7.11 Å². The molecule has 0 saturated carbocycles. The topological polar surface area (TPSA) is 30.5 Å². The van der Waals surface area contributed by atoms with E-state index in [2.05, 4.69) is 5.32 Å². The highest BCUT2D eigenvalue weighted by molar-refractivity contribution is 4.81. The second-order valence-electron chi connectivity index (χ2n) is 2.86. The third-order valence-electron chi connectivity index (χ3n) is 2.04. The summed E-state index contributed by atoms with van der Waals surface area (Å²) in [5, 5.41) is 3.34. The van der Waals surface area contributed by atoms with E-state index in [-0.39, 0.29) is 0 Å². The fourth-order valence-corrected chi connectivity index (χ4v) is 1.35. The molecule has 0 spiro atoms. The van der Waals surface area contributed by atoms with Gasteiger partial charge >= 0.3 is 0 Å². The number of ether oxygens (including phenoxy) is 2. The molecule has 1 fully saturated rings. The zero-order valence-electron chi connectivity index (χ0n) is 7.30. The van der Waals surface area contributed by atoms with Gasteiger partial charge in [-0.25, -0.2) is 0 Å². The van der Waals surface area contributed by atoms with Crippen LogP contribution < -0.4 is 5.32 Å². The van der Waals surface area contributed by atoms with E-state index in [1.165, 1.54) is 0 Å². The maximum Gasteiger partial charge on any atom is 0.0711 e. The summed E-state index contributed by atoms with van der Waals surface area (Å²) < 4.78 is 10.5. The molecule has 2 atom stereocenters. The lowest BCUT2D eigenvalue weighted by Crippen LogP contribution is -2.26. The van der Waals surface area contributed by atoms with Crippen LogP contribution in [0.2, 0.25) is 0 Å². The fraction of sp³-hybridized carbons (Fsp3) is 1.00. The van der Waals surface area contributed by atoms with Gasteiger partial charge in [-0.1, -0.05) is 0 Å². The van der Waals surface area contributed by atoms with Crippen molar-refractivity contribution in [3.05, 3.63) is 0 Å². The molecular weight excluding hydrogens is 142 g/mol. The normalized spacial score (nSPS) is 31.1. The minimum atomic E-state index is 0.389. The molecule has 11 heavy (non-hydrogen) atoms. The molecule has 1 aliphatic rings. The number of hydrogen-bond acceptors (Lipinski definition) is 3. The molecule has 0 aromatic carbocycles. The van der Waals surface area contributed by atoms with Crippen LogP contribution in [-0.2, 0) is 9.47 Å². The van der Waals surface area contributed by atoms with Gasteiger partial charge in [-0.2, -0.15) is 0 Å². The van der Waals surface area contributed by atoms with Crippen LogP contribution in [0.15, 0.2) is 0 Å². The van der Waals surface area contributed by atoms with Gasteiger partial charge in [0, 0.05) is 26.3 Å². The molecule has 1 N–H and O–H groups in total. The van der Waals surface area contributed by atoms with Crippen LogP contribution in [0.3, 0.4) is 0 Å². The molecule has 1 rings (SSSR count). The number of methoxy groups -OCH3 is 1. The first-order valence-electron chi connectivity index (χ1n) is 4.20. The summed E-state index contributed by atoms with van der Waals surface area (Å²) in [5.41, 5.74) is 0. The lowest BCUT2D eigenvalue weighted by atomic mass is 10.2. The predicted molar refractivity (Wildman–Crippen MR) is 43.7 cm³/mol. The quantitative estimate of drug-likeness (QED) is 0.644. The molecule has 0 radical (unpaired) electrons. The van der Waals surface area contributed by atoms with Crippen molar-refractivity contribution in [3.63, 3.8) is 0 Å². The molecule has 0 bridgehead atoms. The minimum Gasteiger partial charge on any atom is -0.380 e. The van der Waals surface area contributed by atoms with E-state index < -0.39 is 0 Å². The standard InChI is InChI=1S/C8H17NO2/c1-3-11-6-7-4-8(10-2)5-9-7/h7-9H,3-6H2,1-2H3/t7-,8+/m0/s1. The summed E-state index contributed by atoms with van der Waals surface area (Å²) in [7, 11) is 1.76. The minimum absolute atomic E-state index is 0.389. The summed E-state index contributed by atoms with van der Waals surface area (Å²) >= 11 is 0. The Morgan fingerprint density at radius 1 is 1.55 bits per heavy atom. The smallest absolute Gasteiger partial charge is 0.0711 e. The van der Waals surface area contributed by atoms with Gasteiger partial charge in [0.1, 0.15) is 0 Å². The molecule has 1 saturated heterocycles. The van der Waals surface area contributed by atoms with Gasteiger partial charge in [-0.3, -0.25) is 0 Å². The van der Waals surface area contributed by atoms with Gasteiger partial charge in [-0.05, 0) is 13.3 Å². The van der Waals surface area contributed by atoms with E-state index >= 15 is 0 Å². The fourth-order valence-electron chi connectivity index (χ4n) is 1.35. The first-order valence-corrected chi connectivity index (χ1v) is 4.20. The summed E-state index contributed by atoms with van der Waals surface area (Å²) in [6, 6.07) is 0.500. The second kappa shape index (κ2) is 4.70. The molecule has 66 valence electrons. The van der Waals surface area contributed by atoms with Crippen molar-refractivity contribution in [1.82, 2.24) is 5.32 Å². The van der Waals surface area contributed by atoms with Crippen molar-refractivity contribution in [2.75, 3.05) is 26.9 Å². The Labute approximate surface area is 68.1 Å². The van der Waals surface area contributed by atoms with E-state index in [4.69, 9.17) is 9.47 Å². The predicted octanol–water partition coefficient (Wildman–Crippen LogP) is 0.400. The van der Waals surface area contributed by atoms with Crippen molar-refractivity contribution in [2.45, 2.75) is 25.5 Å². The number of rotatable bonds is 4. The zero-order valence-corrected chi connectivity index (χ0v) is 7.30. The van der Waals surface area contributed by atoms with Crippen molar-refractivity contribution in [1.29, 1.82) is 0 Å². The van der Waals surface area contributed by atoms with E-state index in [0.29, 0.717) is 12.1 Å². The highest BCUT2D eigenvalue weighted by atomic mass is 16.5. The molecule has 0 aromatic heterocycles. The van der Waals surface area contributed by atoms with Crippen LogP contribution in [0.5, 0.6) is 0 Å². The Balaban J connectivity index is 2.09. The maximum absolute atomic E-state index is 5.29. The third kappa shape index (κ3) is 2.77. The van der Waals surface area contributed by atoms with Gasteiger partial charge in [0.25, 0.3) is 0 Å². The Morgan fingerprint density at radius 2 is 2.36 bits per heavy atom. The summed E-state index contributed by atoms with van der Waals surface area (Å²) in [5.74, 6) is 0. The van der Waals surface area contributed by atoms with Crippen LogP contribution in [0, 0.1) is 0 Å². The van der Waals surface area contributed by atoms with Crippen LogP contribution in [-0.4, -0.2) is 39.0 Å². The van der Waals surface area contributed by atoms with Crippen molar-refractivity contribution in [3.8, 4) is 0 Å². The highest BCUT2D eigenvalue weighted by Gasteiger charge is 2.23. The first-order chi connectivity index (χ1) is 5.36. The number of hydrogen-bond donors (Lipinski definition) is 1. The second-order valence-corrected chi connectivity index (χ2v) is 2.86. The molecule has 0 aromatic rings. The van der Waals surface area contributed by atoms with Gasteiger partial charge in [-0.15, -0.1) is 0 Å². The van der Waals surface area contributed by atoms with Crippen LogP contribution in [0.4, 0.5) is 0 Å². The van der Waals surface area contributed by atoms with Crippen molar-refractivity contribution in [2.24, 2.45) is 0 Å². The molecular formula is C8H17NO2. The summed E-state index contributed by atoms with van der Waals surface area (Å²) in [6.45, 7) is 4.60. The van der Waals surface area contributed by atoms with E-state index in [0.717, 1.165) is 26.2 Å². The van der Waals surface area contributed by atoms with Crippen LogP contribution in [0.25, 0.3) is 0 Å². The zero-order chi connectivity index (χ0) is 8.10. The molecule has 1 aliphatic heterocycles. The molecule has 0 aliphatic carbocycles. The molecule has 1 heterocycles. The highest BCUT2D eigenvalue weighted by Crippen LogP contribution is 2.09. The summed E-state index contributed by atoms with van der Waals surface area (Å²) in [4.78, 5) is 0. The van der Waals surface area contributed by atoms with E-state index in [1.807, 2.05) is 6.92 Å². The molecule has 0 unspecified atom stereocenters. The Hall–Kier alpha value is -0.120. The SMILES string of the molecule is CCOC[C@@H]1C[C@@H](OC)CN1. The lowest BCUT2D eigenvalue weighted by Gasteiger charge is -2.09. The molecule has 3 heteroatoms. The number of nitrogens with one attached hydrogen (secondary N) is 1. The third-order valence-corrected chi connectivity index (χ3v) is 2.04. The molecule has 0 amide bonds. The van der Waals surface area contributed by atoms with E-state index in [9.17, 15) is 0 Å². The Bertz CT molecular complexity index is 108. The monoisotopic (exact) mass is 159 g/mol. The Morgan fingerprint density at radius 3 is 2.91 bits per heavy atom.